The van der Waals surface area contributed by atoms with E-state index < -0.39 is 0 Å². The van der Waals surface area contributed by atoms with Crippen LogP contribution in [0, 0.1) is 22.0 Å². The molecule has 3 unspecified atom stereocenters. The summed E-state index contributed by atoms with van der Waals surface area (Å²) in [6.45, 7) is 2.25. The molecule has 1 aliphatic rings. The Kier molecular flexibility index (Phi) is 5.58. The minimum Gasteiger partial charge on any atom is -0.258 e. The highest BCUT2D eigenvalue weighted by Crippen LogP contribution is 2.37. The van der Waals surface area contributed by atoms with Crippen LogP contribution in [0.3, 0.4) is 0 Å². The quantitative estimate of drug-likeness (QED) is 0.424. The topological polar surface area (TPSA) is 43.1 Å². The van der Waals surface area contributed by atoms with Crippen LogP contribution in [0.15, 0.2) is 24.3 Å². The Hall–Kier alpha value is -0.900. The van der Waals surface area contributed by atoms with E-state index in [1.165, 1.54) is 32.1 Å². The summed E-state index contributed by atoms with van der Waals surface area (Å²) in [7, 11) is 0. The minimum absolute atomic E-state index is 0.203. The van der Waals surface area contributed by atoms with Crippen molar-refractivity contribution < 1.29 is 4.92 Å². The molecule has 0 heterocycles. The summed E-state index contributed by atoms with van der Waals surface area (Å²) < 4.78 is 0. The molecule has 4 heteroatoms. The van der Waals surface area contributed by atoms with Crippen molar-refractivity contribution in [1.82, 2.24) is 0 Å². The van der Waals surface area contributed by atoms with E-state index in [2.05, 4.69) is 22.9 Å². The zero-order chi connectivity index (χ0) is 14.5. The van der Waals surface area contributed by atoms with Crippen molar-refractivity contribution in [3.8, 4) is 0 Å². The zero-order valence-corrected chi connectivity index (χ0v) is 13.5. The highest BCUT2D eigenvalue weighted by atomic mass is 79.9. The molecule has 0 amide bonds. The molecular formula is C16H22BrNO2. The van der Waals surface area contributed by atoms with Gasteiger partial charge in [0.05, 0.1) is 4.92 Å². The molecule has 20 heavy (non-hydrogen) atoms. The van der Waals surface area contributed by atoms with Gasteiger partial charge in [-0.15, -0.1) is 0 Å². The SMILES string of the molecule is CCCC1CCC(Br)C(Cc2cccc([N+](=O)[O-])c2)C1. The second kappa shape index (κ2) is 7.21. The Morgan fingerprint density at radius 3 is 2.90 bits per heavy atom. The third-order valence-corrected chi connectivity index (χ3v) is 5.52. The summed E-state index contributed by atoms with van der Waals surface area (Å²) >= 11 is 3.80. The fourth-order valence-corrected chi connectivity index (χ4v) is 3.97. The normalized spacial score (nSPS) is 26.4. The van der Waals surface area contributed by atoms with Gasteiger partial charge >= 0.3 is 0 Å². The standard InChI is InChI=1S/C16H22BrNO2/c1-2-4-12-7-8-16(17)14(9-12)10-13-5-3-6-15(11-13)18(19)20/h3,5-6,11-12,14,16H,2,4,7-10H2,1H3. The van der Waals surface area contributed by atoms with Gasteiger partial charge in [0.1, 0.15) is 0 Å². The maximum Gasteiger partial charge on any atom is 0.269 e. The highest BCUT2D eigenvalue weighted by molar-refractivity contribution is 9.09. The van der Waals surface area contributed by atoms with E-state index in [9.17, 15) is 10.1 Å². The van der Waals surface area contributed by atoms with Crippen LogP contribution < -0.4 is 0 Å². The van der Waals surface area contributed by atoms with Crippen molar-refractivity contribution in [1.29, 1.82) is 0 Å². The smallest absolute Gasteiger partial charge is 0.258 e. The maximum atomic E-state index is 10.8. The Morgan fingerprint density at radius 2 is 2.20 bits per heavy atom. The molecule has 0 aliphatic heterocycles. The van der Waals surface area contributed by atoms with Crippen LogP contribution in [0.25, 0.3) is 0 Å². The predicted octanol–water partition coefficient (Wildman–Crippen LogP) is 5.12. The number of non-ortho nitro benzene ring substituents is 1. The number of halogens is 1. The first-order valence-corrected chi connectivity index (χ1v) is 8.39. The van der Waals surface area contributed by atoms with Gasteiger partial charge in [0.25, 0.3) is 5.69 Å². The number of nitrogens with zero attached hydrogens (tertiary/aromatic N) is 1. The molecule has 1 aliphatic carbocycles. The molecule has 0 radical (unpaired) electrons. The zero-order valence-electron chi connectivity index (χ0n) is 11.9. The maximum absolute atomic E-state index is 10.8. The van der Waals surface area contributed by atoms with Gasteiger partial charge in [-0.1, -0.05) is 47.8 Å². The van der Waals surface area contributed by atoms with Gasteiger partial charge in [0.2, 0.25) is 0 Å². The van der Waals surface area contributed by atoms with Crippen molar-refractivity contribution in [2.45, 2.75) is 50.3 Å². The second-order valence-electron chi connectivity index (χ2n) is 5.87. The minimum atomic E-state index is -0.310. The van der Waals surface area contributed by atoms with E-state index in [4.69, 9.17) is 0 Å². The van der Waals surface area contributed by atoms with Crippen molar-refractivity contribution in [3.05, 3.63) is 39.9 Å². The molecule has 110 valence electrons. The first-order chi connectivity index (χ1) is 9.60. The van der Waals surface area contributed by atoms with Gasteiger partial charge in [-0.05, 0) is 43.1 Å². The van der Waals surface area contributed by atoms with Crippen LogP contribution in [0.4, 0.5) is 5.69 Å². The molecule has 2 rings (SSSR count). The lowest BCUT2D eigenvalue weighted by Gasteiger charge is -2.33. The van der Waals surface area contributed by atoms with Crippen LogP contribution in [-0.4, -0.2) is 9.75 Å². The number of hydrogen-bond acceptors (Lipinski definition) is 2. The predicted molar refractivity (Wildman–Crippen MR) is 85.3 cm³/mol. The van der Waals surface area contributed by atoms with Gasteiger partial charge in [0, 0.05) is 17.0 Å². The summed E-state index contributed by atoms with van der Waals surface area (Å²) in [5, 5.41) is 10.8. The lowest BCUT2D eigenvalue weighted by Crippen LogP contribution is -2.26. The van der Waals surface area contributed by atoms with Crippen molar-refractivity contribution in [2.24, 2.45) is 11.8 Å². The molecule has 0 aromatic heterocycles. The van der Waals surface area contributed by atoms with Gasteiger partial charge in [-0.3, -0.25) is 10.1 Å². The lowest BCUT2D eigenvalue weighted by molar-refractivity contribution is -0.384. The van der Waals surface area contributed by atoms with Crippen LogP contribution in [-0.2, 0) is 6.42 Å². The summed E-state index contributed by atoms with van der Waals surface area (Å²) in [5.74, 6) is 1.43. The first kappa shape index (κ1) is 15.5. The number of hydrogen-bond donors (Lipinski definition) is 0. The summed E-state index contributed by atoms with van der Waals surface area (Å²) in [6, 6.07) is 7.10. The van der Waals surface area contributed by atoms with E-state index in [0.717, 1.165) is 17.9 Å². The molecule has 0 N–H and O–H groups in total. The number of alkyl halides is 1. The summed E-state index contributed by atoms with van der Waals surface area (Å²) in [4.78, 5) is 11.1. The Labute approximate surface area is 129 Å². The molecule has 1 saturated carbocycles. The third kappa shape index (κ3) is 4.05. The highest BCUT2D eigenvalue weighted by Gasteiger charge is 2.28. The molecule has 1 fully saturated rings. The summed E-state index contributed by atoms with van der Waals surface area (Å²) in [6.07, 6.45) is 7.29. The Morgan fingerprint density at radius 1 is 1.40 bits per heavy atom. The third-order valence-electron chi connectivity index (χ3n) is 4.31. The van der Waals surface area contributed by atoms with Crippen molar-refractivity contribution in [2.75, 3.05) is 0 Å². The van der Waals surface area contributed by atoms with E-state index in [-0.39, 0.29) is 10.6 Å². The number of nitro benzene ring substituents is 1. The largest absolute Gasteiger partial charge is 0.269 e. The molecule has 1 aromatic rings. The van der Waals surface area contributed by atoms with Crippen LogP contribution in [0.5, 0.6) is 0 Å². The molecule has 1 aromatic carbocycles. The Bertz CT molecular complexity index is 464. The first-order valence-electron chi connectivity index (χ1n) is 7.47. The van der Waals surface area contributed by atoms with E-state index >= 15 is 0 Å². The van der Waals surface area contributed by atoms with Crippen LogP contribution in [0.2, 0.25) is 0 Å². The average Bonchev–Trinajstić information content (AvgIpc) is 2.43. The van der Waals surface area contributed by atoms with Gasteiger partial charge in [-0.25, -0.2) is 0 Å². The number of benzene rings is 1. The van der Waals surface area contributed by atoms with E-state index in [0.29, 0.717) is 10.7 Å². The lowest BCUT2D eigenvalue weighted by atomic mass is 9.77. The van der Waals surface area contributed by atoms with Crippen molar-refractivity contribution >= 4 is 21.6 Å². The Balaban J connectivity index is 2.03. The molecule has 3 nitrogen and oxygen atoms in total. The van der Waals surface area contributed by atoms with Crippen LogP contribution >= 0.6 is 15.9 Å². The number of rotatable bonds is 5. The fourth-order valence-electron chi connectivity index (χ4n) is 3.31. The molecule has 0 saturated heterocycles. The molecule has 0 bridgehead atoms. The monoisotopic (exact) mass is 339 g/mol. The van der Waals surface area contributed by atoms with Crippen molar-refractivity contribution in [3.63, 3.8) is 0 Å². The fraction of sp³-hybridized carbons (Fsp3) is 0.625. The van der Waals surface area contributed by atoms with Gasteiger partial charge in [-0.2, -0.15) is 0 Å². The van der Waals surface area contributed by atoms with Crippen LogP contribution in [0.1, 0.15) is 44.6 Å². The van der Waals surface area contributed by atoms with E-state index in [1.54, 1.807) is 18.2 Å². The van der Waals surface area contributed by atoms with Gasteiger partial charge < -0.3 is 0 Å². The molecule has 3 atom stereocenters. The number of nitro groups is 1. The van der Waals surface area contributed by atoms with Gasteiger partial charge in [0.15, 0.2) is 0 Å². The molecular weight excluding hydrogens is 318 g/mol. The summed E-state index contributed by atoms with van der Waals surface area (Å²) in [5.41, 5.74) is 1.29. The average molecular weight is 340 g/mol. The second-order valence-corrected chi connectivity index (χ2v) is 7.05. The van der Waals surface area contributed by atoms with E-state index in [1.807, 2.05) is 6.07 Å². The molecule has 0 spiro atoms.